The molecule has 0 saturated carbocycles. The number of alkyl halides is 2. The molecule has 0 heterocycles. The largest absolute Gasteiger partial charge is 0.395 e. The first-order valence-electron chi connectivity index (χ1n) is 5.58. The van der Waals surface area contributed by atoms with Gasteiger partial charge in [0.25, 0.3) is 6.43 Å². The van der Waals surface area contributed by atoms with E-state index >= 15 is 0 Å². The number of rotatable bonds is 7. The molecule has 0 radical (unpaired) electrons. The van der Waals surface area contributed by atoms with Crippen LogP contribution in [0.15, 0.2) is 29.2 Å². The maximum Gasteiger partial charge on any atom is 0.252 e. The molecule has 112 valence electrons. The Morgan fingerprint density at radius 3 is 2.30 bits per heavy atom. The number of sulfonamides is 1. The molecule has 3 N–H and O–H groups in total. The molecule has 9 heteroatoms. The Balaban J connectivity index is 3.08. The van der Waals surface area contributed by atoms with E-state index < -0.39 is 36.1 Å². The van der Waals surface area contributed by atoms with E-state index in [9.17, 15) is 17.2 Å². The second kappa shape index (κ2) is 7.02. The van der Waals surface area contributed by atoms with Crippen LogP contribution in [0.25, 0.3) is 0 Å². The van der Waals surface area contributed by atoms with E-state index in [4.69, 9.17) is 23.1 Å². The fourth-order valence-electron chi connectivity index (χ4n) is 1.52. The average molecular weight is 324 g/mol. The number of hydrogen-bond donors (Lipinski definition) is 2. The molecule has 0 bridgehead atoms. The summed E-state index contributed by atoms with van der Waals surface area (Å²) in [5.41, 5.74) is 5.86. The topological polar surface area (TPSA) is 83.6 Å². The number of halogens is 2. The van der Waals surface area contributed by atoms with Crippen molar-refractivity contribution in [2.75, 3.05) is 19.7 Å². The Kier molecular flexibility index (Phi) is 5.93. The van der Waals surface area contributed by atoms with Gasteiger partial charge in [-0.2, -0.15) is 4.31 Å². The maximum absolute atomic E-state index is 12.4. The number of thiocarbonyl (C=S) groups is 1. The van der Waals surface area contributed by atoms with Crippen LogP contribution in [0.2, 0.25) is 0 Å². The molecule has 5 nitrogen and oxygen atoms in total. The van der Waals surface area contributed by atoms with Crippen molar-refractivity contribution in [3.05, 3.63) is 29.8 Å². The fraction of sp³-hybridized carbons (Fsp3) is 0.364. The smallest absolute Gasteiger partial charge is 0.252 e. The van der Waals surface area contributed by atoms with Crippen LogP contribution in [0.4, 0.5) is 8.78 Å². The van der Waals surface area contributed by atoms with Gasteiger partial charge in [0.05, 0.1) is 18.0 Å². The van der Waals surface area contributed by atoms with Crippen LogP contribution < -0.4 is 5.73 Å². The Bertz CT molecular complexity index is 562. The lowest BCUT2D eigenvalue weighted by atomic mass is 10.2. The highest BCUT2D eigenvalue weighted by Gasteiger charge is 2.26. The Morgan fingerprint density at radius 2 is 1.90 bits per heavy atom. The second-order valence-electron chi connectivity index (χ2n) is 3.87. The fourth-order valence-corrected chi connectivity index (χ4v) is 3.06. The summed E-state index contributed by atoms with van der Waals surface area (Å²) in [7, 11) is -4.09. The van der Waals surface area contributed by atoms with E-state index in [0.29, 0.717) is 9.87 Å². The molecule has 1 rings (SSSR count). The van der Waals surface area contributed by atoms with Crippen LogP contribution in [0.1, 0.15) is 5.56 Å². The summed E-state index contributed by atoms with van der Waals surface area (Å²) < 4.78 is 49.7. The van der Waals surface area contributed by atoms with Gasteiger partial charge in [-0.1, -0.05) is 24.4 Å². The van der Waals surface area contributed by atoms with Gasteiger partial charge in [-0.15, -0.1) is 0 Å². The van der Waals surface area contributed by atoms with Crippen LogP contribution in [0.5, 0.6) is 0 Å². The minimum Gasteiger partial charge on any atom is -0.395 e. The summed E-state index contributed by atoms with van der Waals surface area (Å²) in [6, 6.07) is 5.27. The van der Waals surface area contributed by atoms with E-state index in [-0.39, 0.29) is 9.88 Å². The predicted octanol–water partition coefficient (Wildman–Crippen LogP) is 0.569. The van der Waals surface area contributed by atoms with Crippen molar-refractivity contribution in [1.82, 2.24) is 4.31 Å². The van der Waals surface area contributed by atoms with Gasteiger partial charge < -0.3 is 10.8 Å². The summed E-state index contributed by atoms with van der Waals surface area (Å²) in [5, 5.41) is 8.79. The van der Waals surface area contributed by atoms with Crippen LogP contribution in [0, 0.1) is 0 Å². The lowest BCUT2D eigenvalue weighted by molar-refractivity contribution is 0.113. The Hall–Kier alpha value is -1.16. The second-order valence-corrected chi connectivity index (χ2v) is 6.24. The molecule has 0 unspecified atom stereocenters. The van der Waals surface area contributed by atoms with Gasteiger partial charge in [-0.3, -0.25) is 0 Å². The van der Waals surface area contributed by atoms with Crippen molar-refractivity contribution in [3.63, 3.8) is 0 Å². The van der Waals surface area contributed by atoms with Gasteiger partial charge >= 0.3 is 0 Å². The van der Waals surface area contributed by atoms with Gasteiger partial charge in [-0.05, 0) is 12.1 Å². The molecule has 0 aromatic heterocycles. The quantitative estimate of drug-likeness (QED) is 0.717. The number of aliphatic hydroxyl groups excluding tert-OH is 1. The maximum atomic E-state index is 12.4. The molecule has 0 aliphatic heterocycles. The van der Waals surface area contributed by atoms with Crippen molar-refractivity contribution in [3.8, 4) is 0 Å². The lowest BCUT2D eigenvalue weighted by Gasteiger charge is -2.20. The molecule has 1 aromatic rings. The molecule has 0 aliphatic carbocycles. The van der Waals surface area contributed by atoms with Gasteiger partial charge in [0.1, 0.15) is 4.99 Å². The summed E-state index contributed by atoms with van der Waals surface area (Å²) in [5.74, 6) is 0. The molecule has 0 aliphatic rings. The van der Waals surface area contributed by atoms with Crippen molar-refractivity contribution >= 4 is 27.2 Å². The highest BCUT2D eigenvalue weighted by molar-refractivity contribution is 7.89. The van der Waals surface area contributed by atoms with Gasteiger partial charge in [0.15, 0.2) is 0 Å². The van der Waals surface area contributed by atoms with E-state index in [1.165, 1.54) is 24.3 Å². The minimum absolute atomic E-state index is 0.105. The molecule has 0 fully saturated rings. The molecule has 20 heavy (non-hydrogen) atoms. The normalized spacial score (nSPS) is 12.1. The first-order valence-corrected chi connectivity index (χ1v) is 7.43. The molecular weight excluding hydrogens is 310 g/mol. The zero-order chi connectivity index (χ0) is 15.3. The zero-order valence-electron chi connectivity index (χ0n) is 10.4. The van der Waals surface area contributed by atoms with Gasteiger partial charge in [-0.25, -0.2) is 17.2 Å². The van der Waals surface area contributed by atoms with E-state index in [1.807, 2.05) is 0 Å². The van der Waals surface area contributed by atoms with E-state index in [0.717, 1.165) is 0 Å². The van der Waals surface area contributed by atoms with Crippen LogP contribution >= 0.6 is 12.2 Å². The van der Waals surface area contributed by atoms with Crippen LogP contribution in [0.3, 0.4) is 0 Å². The SMILES string of the molecule is NC(=S)c1ccc(S(=O)(=O)N(CCO)CC(F)F)cc1. The number of nitrogens with zero attached hydrogens (tertiary/aromatic N) is 1. The Morgan fingerprint density at radius 1 is 1.35 bits per heavy atom. The zero-order valence-corrected chi connectivity index (χ0v) is 12.0. The highest BCUT2D eigenvalue weighted by Crippen LogP contribution is 2.17. The number of hydrogen-bond acceptors (Lipinski definition) is 4. The molecule has 1 aromatic carbocycles. The molecule has 0 amide bonds. The van der Waals surface area contributed by atoms with Crippen molar-refractivity contribution in [2.24, 2.45) is 5.73 Å². The van der Waals surface area contributed by atoms with Crippen molar-refractivity contribution in [1.29, 1.82) is 0 Å². The molecule has 0 atom stereocenters. The van der Waals surface area contributed by atoms with Gasteiger partial charge in [0, 0.05) is 12.1 Å². The van der Waals surface area contributed by atoms with E-state index in [1.54, 1.807) is 0 Å². The van der Waals surface area contributed by atoms with Crippen LogP contribution in [-0.4, -0.2) is 48.9 Å². The minimum atomic E-state index is -4.09. The Labute approximate surface area is 121 Å². The predicted molar refractivity (Wildman–Crippen MR) is 74.2 cm³/mol. The van der Waals surface area contributed by atoms with E-state index in [2.05, 4.69) is 0 Å². The first-order chi connectivity index (χ1) is 9.28. The molecular formula is C11H14F2N2O3S2. The van der Waals surface area contributed by atoms with Crippen LogP contribution in [-0.2, 0) is 10.0 Å². The monoisotopic (exact) mass is 324 g/mol. The third-order valence-corrected chi connectivity index (χ3v) is 4.58. The van der Waals surface area contributed by atoms with Crippen molar-refractivity contribution < 1.29 is 22.3 Å². The highest BCUT2D eigenvalue weighted by atomic mass is 32.2. The van der Waals surface area contributed by atoms with Crippen molar-refractivity contribution in [2.45, 2.75) is 11.3 Å². The first kappa shape index (κ1) is 16.9. The lowest BCUT2D eigenvalue weighted by Crippen LogP contribution is -2.37. The third kappa shape index (κ3) is 4.17. The average Bonchev–Trinajstić information content (AvgIpc) is 2.37. The third-order valence-electron chi connectivity index (χ3n) is 2.47. The summed E-state index contributed by atoms with van der Waals surface area (Å²) in [4.78, 5) is -0.0552. The summed E-state index contributed by atoms with van der Waals surface area (Å²) in [6.45, 7) is -1.92. The number of nitrogens with two attached hydrogens (primary N) is 1. The number of benzene rings is 1. The standard InChI is InChI=1S/C11H14F2N2O3S2/c12-10(13)7-15(5-6-16)20(17,18)9-3-1-8(2-4-9)11(14)19/h1-4,10,16H,5-7H2,(H2,14,19). The molecule has 0 spiro atoms. The summed E-state index contributed by atoms with van der Waals surface area (Å²) in [6.07, 6.45) is -2.83. The molecule has 0 saturated heterocycles. The van der Waals surface area contributed by atoms with Gasteiger partial charge in [0.2, 0.25) is 10.0 Å². The summed E-state index contributed by atoms with van der Waals surface area (Å²) >= 11 is 4.73. The number of aliphatic hydroxyl groups is 1.